The number of pyridine rings is 1. The van der Waals surface area contributed by atoms with Gasteiger partial charge in [0.1, 0.15) is 5.82 Å². The molecule has 0 saturated heterocycles. The molecule has 1 saturated carbocycles. The van der Waals surface area contributed by atoms with Gasteiger partial charge in [-0.2, -0.15) is 0 Å². The van der Waals surface area contributed by atoms with E-state index in [1.165, 1.54) is 18.9 Å². The maximum atomic E-state index is 13.8. The largest absolute Gasteiger partial charge is 0.251 e. The number of halogens is 3. The molecule has 1 nitrogen and oxygen atoms in total. The first-order chi connectivity index (χ1) is 8.66. The SMILES string of the molecule is Fc1ccc(Br)c2nc(C3CCCC3)cc(Cl)c12. The molecule has 0 amide bonds. The van der Waals surface area contributed by atoms with Crippen LogP contribution < -0.4 is 0 Å². The third kappa shape index (κ3) is 2.04. The Bertz CT molecular complexity index is 608. The van der Waals surface area contributed by atoms with Gasteiger partial charge in [0.25, 0.3) is 0 Å². The zero-order chi connectivity index (χ0) is 12.7. The predicted octanol–water partition coefficient (Wildman–Crippen LogP) is 5.45. The van der Waals surface area contributed by atoms with E-state index in [1.807, 2.05) is 6.07 Å². The van der Waals surface area contributed by atoms with Gasteiger partial charge in [0, 0.05) is 16.1 Å². The average Bonchev–Trinajstić information content (AvgIpc) is 2.87. The van der Waals surface area contributed by atoms with Crippen molar-refractivity contribution in [2.75, 3.05) is 0 Å². The molecule has 4 heteroatoms. The summed E-state index contributed by atoms with van der Waals surface area (Å²) >= 11 is 9.64. The average molecular weight is 329 g/mol. The Morgan fingerprint density at radius 1 is 1.28 bits per heavy atom. The third-order valence-corrected chi connectivity index (χ3v) is 4.54. The van der Waals surface area contributed by atoms with Crippen molar-refractivity contribution in [1.82, 2.24) is 4.98 Å². The highest BCUT2D eigenvalue weighted by Crippen LogP contribution is 2.37. The molecule has 0 atom stereocenters. The Kier molecular flexibility index (Phi) is 3.29. The smallest absolute Gasteiger partial charge is 0.134 e. The second-order valence-corrected chi connectivity index (χ2v) is 6.02. The number of nitrogens with zero attached hydrogens (tertiary/aromatic N) is 1. The molecule has 1 heterocycles. The van der Waals surface area contributed by atoms with E-state index in [2.05, 4.69) is 20.9 Å². The van der Waals surface area contributed by atoms with Crippen LogP contribution in [-0.4, -0.2) is 4.98 Å². The minimum Gasteiger partial charge on any atom is -0.251 e. The van der Waals surface area contributed by atoms with Crippen molar-refractivity contribution in [1.29, 1.82) is 0 Å². The summed E-state index contributed by atoms with van der Waals surface area (Å²) in [7, 11) is 0. The van der Waals surface area contributed by atoms with Crippen LogP contribution in [0.1, 0.15) is 37.3 Å². The van der Waals surface area contributed by atoms with E-state index < -0.39 is 0 Å². The number of hydrogen-bond donors (Lipinski definition) is 0. The molecule has 2 aromatic rings. The van der Waals surface area contributed by atoms with Crippen LogP contribution in [-0.2, 0) is 0 Å². The van der Waals surface area contributed by atoms with Gasteiger partial charge in [0.15, 0.2) is 0 Å². The molecule has 0 spiro atoms. The fourth-order valence-electron chi connectivity index (χ4n) is 2.67. The molecule has 0 N–H and O–H groups in total. The summed E-state index contributed by atoms with van der Waals surface area (Å²) < 4.78 is 14.6. The summed E-state index contributed by atoms with van der Waals surface area (Å²) in [6.45, 7) is 0. The summed E-state index contributed by atoms with van der Waals surface area (Å²) in [5.74, 6) is 0.158. The lowest BCUT2D eigenvalue weighted by Crippen LogP contribution is -1.98. The quantitative estimate of drug-likeness (QED) is 0.678. The lowest BCUT2D eigenvalue weighted by molar-refractivity contribution is 0.638. The van der Waals surface area contributed by atoms with Crippen LogP contribution >= 0.6 is 27.5 Å². The highest BCUT2D eigenvalue weighted by Gasteiger charge is 2.21. The highest BCUT2D eigenvalue weighted by atomic mass is 79.9. The van der Waals surface area contributed by atoms with Crippen molar-refractivity contribution in [3.63, 3.8) is 0 Å². The molecule has 18 heavy (non-hydrogen) atoms. The molecule has 1 aromatic carbocycles. The van der Waals surface area contributed by atoms with Crippen LogP contribution in [0.25, 0.3) is 10.9 Å². The Labute approximate surface area is 118 Å². The van der Waals surface area contributed by atoms with Crippen molar-refractivity contribution in [3.05, 3.63) is 39.2 Å². The molecule has 0 aliphatic heterocycles. The zero-order valence-corrected chi connectivity index (χ0v) is 12.1. The van der Waals surface area contributed by atoms with Gasteiger partial charge in [-0.25, -0.2) is 4.39 Å². The number of benzene rings is 1. The van der Waals surface area contributed by atoms with Crippen molar-refractivity contribution in [3.8, 4) is 0 Å². The maximum Gasteiger partial charge on any atom is 0.134 e. The van der Waals surface area contributed by atoms with Crippen LogP contribution in [0, 0.1) is 5.82 Å². The van der Waals surface area contributed by atoms with Crippen molar-refractivity contribution >= 4 is 38.4 Å². The second-order valence-electron chi connectivity index (χ2n) is 4.76. The minimum absolute atomic E-state index is 0.316. The molecule has 0 bridgehead atoms. The van der Waals surface area contributed by atoms with Crippen LogP contribution in [0.15, 0.2) is 22.7 Å². The van der Waals surface area contributed by atoms with Gasteiger partial charge in [0.05, 0.1) is 15.9 Å². The van der Waals surface area contributed by atoms with Gasteiger partial charge in [-0.1, -0.05) is 24.4 Å². The molecule has 0 radical (unpaired) electrons. The van der Waals surface area contributed by atoms with Gasteiger partial charge in [0.2, 0.25) is 0 Å². The summed E-state index contributed by atoms with van der Waals surface area (Å²) in [5, 5.41) is 0.869. The molecule has 1 aliphatic rings. The summed E-state index contributed by atoms with van der Waals surface area (Å²) in [6.07, 6.45) is 4.79. The zero-order valence-electron chi connectivity index (χ0n) is 9.72. The Balaban J connectivity index is 2.23. The van der Waals surface area contributed by atoms with E-state index in [0.717, 1.165) is 23.0 Å². The number of rotatable bonds is 1. The molecule has 0 unspecified atom stereocenters. The lowest BCUT2D eigenvalue weighted by atomic mass is 10.0. The number of fused-ring (bicyclic) bond motifs is 1. The van der Waals surface area contributed by atoms with E-state index in [0.29, 0.717) is 21.8 Å². The summed E-state index contributed by atoms with van der Waals surface area (Å²) in [6, 6.07) is 4.92. The lowest BCUT2D eigenvalue weighted by Gasteiger charge is -2.12. The first-order valence-corrected chi connectivity index (χ1v) is 7.28. The van der Waals surface area contributed by atoms with Gasteiger partial charge >= 0.3 is 0 Å². The molecule has 1 aliphatic carbocycles. The number of aromatic nitrogens is 1. The molecule has 1 fully saturated rings. The Morgan fingerprint density at radius 2 is 2.00 bits per heavy atom. The molecule has 3 rings (SSSR count). The van der Waals surface area contributed by atoms with Gasteiger partial charge in [-0.15, -0.1) is 0 Å². The van der Waals surface area contributed by atoms with Crippen LogP contribution in [0.3, 0.4) is 0 Å². The summed E-state index contributed by atoms with van der Waals surface area (Å²) in [4.78, 5) is 4.61. The third-order valence-electron chi connectivity index (χ3n) is 3.61. The van der Waals surface area contributed by atoms with E-state index in [9.17, 15) is 4.39 Å². The first kappa shape index (κ1) is 12.4. The van der Waals surface area contributed by atoms with Crippen LogP contribution in [0.5, 0.6) is 0 Å². The molecular weight excluding hydrogens is 317 g/mol. The van der Waals surface area contributed by atoms with E-state index in [-0.39, 0.29) is 5.82 Å². The van der Waals surface area contributed by atoms with Crippen LogP contribution in [0.4, 0.5) is 4.39 Å². The van der Waals surface area contributed by atoms with E-state index >= 15 is 0 Å². The topological polar surface area (TPSA) is 12.9 Å². The minimum atomic E-state index is -0.316. The Hall–Kier alpha value is -0.670. The molecular formula is C14H12BrClFN. The van der Waals surface area contributed by atoms with Crippen molar-refractivity contribution in [2.24, 2.45) is 0 Å². The fraction of sp³-hybridized carbons (Fsp3) is 0.357. The molecule has 1 aromatic heterocycles. The van der Waals surface area contributed by atoms with Crippen molar-refractivity contribution < 1.29 is 4.39 Å². The van der Waals surface area contributed by atoms with E-state index in [1.54, 1.807) is 6.07 Å². The van der Waals surface area contributed by atoms with Crippen LogP contribution in [0.2, 0.25) is 5.02 Å². The van der Waals surface area contributed by atoms with Gasteiger partial charge in [-0.05, 0) is 47.0 Å². The van der Waals surface area contributed by atoms with Crippen molar-refractivity contribution in [2.45, 2.75) is 31.6 Å². The summed E-state index contributed by atoms with van der Waals surface area (Å²) in [5.41, 5.74) is 1.63. The second kappa shape index (κ2) is 4.78. The monoisotopic (exact) mass is 327 g/mol. The Morgan fingerprint density at radius 3 is 2.72 bits per heavy atom. The maximum absolute atomic E-state index is 13.8. The molecule has 94 valence electrons. The normalized spacial score (nSPS) is 16.6. The van der Waals surface area contributed by atoms with Gasteiger partial charge in [-0.3, -0.25) is 4.98 Å². The van der Waals surface area contributed by atoms with E-state index in [4.69, 9.17) is 11.6 Å². The standard InChI is InChI=1S/C14H12BrClFN/c15-9-5-6-11(17)13-10(16)7-12(18-14(9)13)8-3-1-2-4-8/h5-8H,1-4H2. The number of hydrogen-bond acceptors (Lipinski definition) is 1. The predicted molar refractivity (Wildman–Crippen MR) is 75.6 cm³/mol. The van der Waals surface area contributed by atoms with Gasteiger partial charge < -0.3 is 0 Å². The highest BCUT2D eigenvalue weighted by molar-refractivity contribution is 9.10. The first-order valence-electron chi connectivity index (χ1n) is 6.11. The fourth-order valence-corrected chi connectivity index (χ4v) is 3.38.